The number of benzene rings is 1. The molecular formula is C18H14N2OS. The highest BCUT2D eigenvalue weighted by Crippen LogP contribution is 2.18. The molecule has 0 spiro atoms. The van der Waals surface area contributed by atoms with Crippen LogP contribution >= 0.6 is 11.3 Å². The highest BCUT2D eigenvalue weighted by Gasteiger charge is 2.00. The van der Waals surface area contributed by atoms with E-state index in [1.54, 1.807) is 17.5 Å². The van der Waals surface area contributed by atoms with Crippen molar-refractivity contribution < 1.29 is 5.11 Å². The molecule has 0 saturated carbocycles. The highest BCUT2D eigenvalue weighted by molar-refractivity contribution is 7.09. The van der Waals surface area contributed by atoms with Crippen molar-refractivity contribution >= 4 is 11.3 Å². The quantitative estimate of drug-likeness (QED) is 0.738. The van der Waals surface area contributed by atoms with Crippen molar-refractivity contribution in [3.05, 3.63) is 69.8 Å². The number of aliphatic hydroxyl groups is 1. The minimum absolute atomic E-state index is 0.0322. The molecule has 1 N–H and O–H groups in total. The van der Waals surface area contributed by atoms with Crippen molar-refractivity contribution in [2.45, 2.75) is 13.5 Å². The summed E-state index contributed by atoms with van der Waals surface area (Å²) in [5.74, 6) is 6.10. The predicted molar refractivity (Wildman–Crippen MR) is 88.4 cm³/mol. The Morgan fingerprint density at radius 3 is 2.77 bits per heavy atom. The van der Waals surface area contributed by atoms with Crippen molar-refractivity contribution in [3.63, 3.8) is 0 Å². The van der Waals surface area contributed by atoms with Gasteiger partial charge in [0.05, 0.1) is 17.3 Å². The Hall–Kier alpha value is -2.48. The summed E-state index contributed by atoms with van der Waals surface area (Å²) in [7, 11) is 0. The van der Waals surface area contributed by atoms with Gasteiger partial charge < -0.3 is 5.11 Å². The zero-order valence-electron chi connectivity index (χ0n) is 12.1. The molecule has 0 amide bonds. The average molecular weight is 306 g/mol. The molecular weight excluding hydrogens is 292 g/mol. The van der Waals surface area contributed by atoms with E-state index < -0.39 is 0 Å². The number of hydrogen-bond acceptors (Lipinski definition) is 4. The summed E-state index contributed by atoms with van der Waals surface area (Å²) < 4.78 is 0. The van der Waals surface area contributed by atoms with Crippen LogP contribution in [0.5, 0.6) is 0 Å². The third kappa shape index (κ3) is 3.40. The zero-order valence-corrected chi connectivity index (χ0v) is 12.9. The molecule has 0 radical (unpaired) electrons. The van der Waals surface area contributed by atoms with Gasteiger partial charge in [-0.3, -0.25) is 4.98 Å². The van der Waals surface area contributed by atoms with Gasteiger partial charge in [0.25, 0.3) is 0 Å². The summed E-state index contributed by atoms with van der Waals surface area (Å²) >= 11 is 1.59. The maximum atomic E-state index is 9.19. The van der Waals surface area contributed by atoms with Crippen molar-refractivity contribution in [2.24, 2.45) is 0 Å². The van der Waals surface area contributed by atoms with E-state index >= 15 is 0 Å². The molecule has 108 valence electrons. The molecule has 2 heterocycles. The van der Waals surface area contributed by atoms with Gasteiger partial charge in [-0.1, -0.05) is 24.1 Å². The van der Waals surface area contributed by atoms with Gasteiger partial charge in [0.2, 0.25) is 0 Å². The van der Waals surface area contributed by atoms with E-state index in [2.05, 4.69) is 21.8 Å². The normalized spacial score (nSPS) is 10.1. The van der Waals surface area contributed by atoms with E-state index in [4.69, 9.17) is 0 Å². The number of rotatable bonds is 2. The molecule has 3 nitrogen and oxygen atoms in total. The second-order valence-electron chi connectivity index (χ2n) is 4.79. The first-order chi connectivity index (χ1) is 10.7. The predicted octanol–water partition coefficient (Wildman–Crippen LogP) is 3.41. The number of aromatic nitrogens is 2. The summed E-state index contributed by atoms with van der Waals surface area (Å²) in [6.45, 7) is 2.00. The number of hydrogen-bond donors (Lipinski definition) is 1. The van der Waals surface area contributed by atoms with E-state index in [-0.39, 0.29) is 6.61 Å². The SMILES string of the molecule is Cc1nc(C#Cc2ccc(-c3cccc(CO)c3)nc2)cs1. The molecule has 4 heteroatoms. The van der Waals surface area contributed by atoms with Crippen LogP contribution in [-0.4, -0.2) is 15.1 Å². The third-order valence-electron chi connectivity index (χ3n) is 3.12. The van der Waals surface area contributed by atoms with Crippen LogP contribution in [0.3, 0.4) is 0 Å². The lowest BCUT2D eigenvalue weighted by atomic mass is 10.1. The van der Waals surface area contributed by atoms with Gasteiger partial charge in [-0.05, 0) is 36.6 Å². The smallest absolute Gasteiger partial charge is 0.124 e. The van der Waals surface area contributed by atoms with Gasteiger partial charge in [0, 0.05) is 22.7 Å². The van der Waals surface area contributed by atoms with Crippen LogP contribution in [0, 0.1) is 18.8 Å². The van der Waals surface area contributed by atoms with Gasteiger partial charge in [0.1, 0.15) is 5.69 Å². The summed E-state index contributed by atoms with van der Waals surface area (Å²) in [6, 6.07) is 11.6. The molecule has 0 unspecified atom stereocenters. The van der Waals surface area contributed by atoms with Crippen LogP contribution in [0.4, 0.5) is 0 Å². The Balaban J connectivity index is 1.82. The lowest BCUT2D eigenvalue weighted by Crippen LogP contribution is -1.88. The lowest BCUT2D eigenvalue weighted by molar-refractivity contribution is 0.282. The maximum Gasteiger partial charge on any atom is 0.124 e. The Morgan fingerprint density at radius 1 is 1.18 bits per heavy atom. The minimum Gasteiger partial charge on any atom is -0.392 e. The first kappa shape index (κ1) is 14.5. The molecule has 0 bridgehead atoms. The van der Waals surface area contributed by atoms with Crippen molar-refractivity contribution in [1.29, 1.82) is 0 Å². The summed E-state index contributed by atoms with van der Waals surface area (Å²) in [6.07, 6.45) is 1.76. The highest BCUT2D eigenvalue weighted by atomic mass is 32.1. The number of nitrogens with zero attached hydrogens (tertiary/aromatic N) is 2. The monoisotopic (exact) mass is 306 g/mol. The largest absolute Gasteiger partial charge is 0.392 e. The topological polar surface area (TPSA) is 46.0 Å². The second kappa shape index (κ2) is 6.52. The van der Waals surface area contributed by atoms with Crippen LogP contribution in [0.2, 0.25) is 0 Å². The molecule has 0 aliphatic rings. The van der Waals surface area contributed by atoms with E-state index in [0.29, 0.717) is 0 Å². The van der Waals surface area contributed by atoms with E-state index in [1.165, 1.54) is 0 Å². The average Bonchev–Trinajstić information content (AvgIpc) is 2.99. The van der Waals surface area contributed by atoms with Gasteiger partial charge in [0.15, 0.2) is 0 Å². The first-order valence-corrected chi connectivity index (χ1v) is 7.73. The van der Waals surface area contributed by atoms with E-state index in [1.807, 2.05) is 48.7 Å². The number of aryl methyl sites for hydroxylation is 1. The Bertz CT molecular complexity index is 841. The van der Waals surface area contributed by atoms with E-state index in [9.17, 15) is 5.11 Å². The Kier molecular flexibility index (Phi) is 4.29. The van der Waals surface area contributed by atoms with Crippen LogP contribution in [0.15, 0.2) is 48.0 Å². The second-order valence-corrected chi connectivity index (χ2v) is 5.85. The number of pyridine rings is 1. The van der Waals surface area contributed by atoms with Crippen LogP contribution in [0.1, 0.15) is 21.8 Å². The van der Waals surface area contributed by atoms with Crippen LogP contribution in [-0.2, 0) is 6.61 Å². The molecule has 0 fully saturated rings. The minimum atomic E-state index is 0.0322. The molecule has 0 aliphatic heterocycles. The fourth-order valence-corrected chi connectivity index (χ4v) is 2.57. The van der Waals surface area contributed by atoms with Gasteiger partial charge >= 0.3 is 0 Å². The molecule has 1 aromatic carbocycles. The molecule has 0 saturated heterocycles. The van der Waals surface area contributed by atoms with Gasteiger partial charge in [-0.2, -0.15) is 0 Å². The number of thiazole rings is 1. The third-order valence-corrected chi connectivity index (χ3v) is 3.90. The molecule has 2 aromatic heterocycles. The fourth-order valence-electron chi connectivity index (χ4n) is 2.02. The molecule has 22 heavy (non-hydrogen) atoms. The summed E-state index contributed by atoms with van der Waals surface area (Å²) in [5.41, 5.74) is 4.38. The molecule has 3 aromatic rings. The fraction of sp³-hybridized carbons (Fsp3) is 0.111. The summed E-state index contributed by atoms with van der Waals surface area (Å²) in [5, 5.41) is 12.2. The van der Waals surface area contributed by atoms with Crippen LogP contribution in [0.25, 0.3) is 11.3 Å². The van der Waals surface area contributed by atoms with Crippen molar-refractivity contribution in [2.75, 3.05) is 0 Å². The summed E-state index contributed by atoms with van der Waals surface area (Å²) in [4.78, 5) is 8.75. The first-order valence-electron chi connectivity index (χ1n) is 6.85. The standard InChI is InChI=1S/C18H14N2OS/c1-13-20-17(12-22-13)7-5-14-6-8-18(19-10-14)16-4-2-3-15(9-16)11-21/h2-4,6,8-10,12,21H,11H2,1H3. The molecule has 0 atom stereocenters. The van der Waals surface area contributed by atoms with E-state index in [0.717, 1.165) is 33.1 Å². The Morgan fingerprint density at radius 2 is 2.09 bits per heavy atom. The Labute approximate surface area is 133 Å². The van der Waals surface area contributed by atoms with Crippen molar-refractivity contribution in [1.82, 2.24) is 9.97 Å². The van der Waals surface area contributed by atoms with Crippen LogP contribution < -0.4 is 0 Å². The lowest BCUT2D eigenvalue weighted by Gasteiger charge is -2.03. The molecule has 0 aliphatic carbocycles. The molecule has 3 rings (SSSR count). The van der Waals surface area contributed by atoms with Crippen molar-refractivity contribution in [3.8, 4) is 23.1 Å². The zero-order chi connectivity index (χ0) is 15.4. The van der Waals surface area contributed by atoms with Gasteiger partial charge in [-0.25, -0.2) is 4.98 Å². The number of aliphatic hydroxyl groups excluding tert-OH is 1. The maximum absolute atomic E-state index is 9.19. The van der Waals surface area contributed by atoms with Gasteiger partial charge in [-0.15, -0.1) is 11.3 Å².